The molecule has 0 amide bonds. The van der Waals surface area contributed by atoms with E-state index in [1.165, 1.54) is 12.1 Å². The summed E-state index contributed by atoms with van der Waals surface area (Å²) in [6.07, 6.45) is 0. The van der Waals surface area contributed by atoms with Crippen molar-refractivity contribution < 1.29 is 14.6 Å². The van der Waals surface area contributed by atoms with Crippen LogP contribution in [0, 0.1) is 12.7 Å². The van der Waals surface area contributed by atoms with Crippen LogP contribution in [0.2, 0.25) is 0 Å². The first-order valence-corrected chi connectivity index (χ1v) is 4.16. The van der Waals surface area contributed by atoms with Crippen molar-refractivity contribution in [3.05, 3.63) is 29.1 Å². The molecule has 0 radical (unpaired) electrons. The first-order chi connectivity index (χ1) is 6.06. The van der Waals surface area contributed by atoms with Gasteiger partial charge < -0.3 is 10.2 Å². The molecule has 0 heterocycles. The smallest absolute Gasteiger partial charge is 0.129 e. The van der Waals surface area contributed by atoms with Crippen molar-refractivity contribution in [1.82, 2.24) is 0 Å². The number of rotatable bonds is 2. The number of phenols is 1. The minimum absolute atomic E-state index is 0.0363. The van der Waals surface area contributed by atoms with Crippen LogP contribution in [0.3, 0.4) is 0 Å². The largest absolute Gasteiger partial charge is 0.508 e. The Labute approximate surface area is 76.6 Å². The highest BCUT2D eigenvalue weighted by molar-refractivity contribution is 5.36. The van der Waals surface area contributed by atoms with Crippen LogP contribution < -0.4 is 0 Å². The zero-order valence-corrected chi connectivity index (χ0v) is 7.71. The third kappa shape index (κ3) is 1.98. The summed E-state index contributed by atoms with van der Waals surface area (Å²) in [5, 5.41) is 18.1. The Morgan fingerprint density at radius 3 is 2.62 bits per heavy atom. The number of halogens is 1. The summed E-state index contributed by atoms with van der Waals surface area (Å²) in [5.74, 6) is -0.598. The van der Waals surface area contributed by atoms with Gasteiger partial charge in [-0.1, -0.05) is 6.92 Å². The molecular formula is C10H13FO2. The van der Waals surface area contributed by atoms with Gasteiger partial charge in [0.2, 0.25) is 0 Å². The molecule has 3 heteroatoms. The Hall–Kier alpha value is -1.09. The molecule has 72 valence electrons. The lowest BCUT2D eigenvalue weighted by Gasteiger charge is -2.11. The average Bonchev–Trinajstić information content (AvgIpc) is 2.10. The molecule has 1 unspecified atom stereocenters. The summed E-state index contributed by atoms with van der Waals surface area (Å²) in [4.78, 5) is 0. The molecule has 1 atom stereocenters. The third-order valence-electron chi connectivity index (χ3n) is 2.07. The molecule has 2 N–H and O–H groups in total. The zero-order valence-electron chi connectivity index (χ0n) is 7.71. The highest BCUT2D eigenvalue weighted by Gasteiger charge is 2.13. The van der Waals surface area contributed by atoms with Crippen molar-refractivity contribution in [2.45, 2.75) is 19.8 Å². The van der Waals surface area contributed by atoms with Crippen LogP contribution >= 0.6 is 0 Å². The number of benzene rings is 1. The van der Waals surface area contributed by atoms with Crippen LogP contribution in [-0.2, 0) is 0 Å². The Bertz CT molecular complexity index is 310. The van der Waals surface area contributed by atoms with Crippen LogP contribution in [-0.4, -0.2) is 16.8 Å². The van der Waals surface area contributed by atoms with Crippen molar-refractivity contribution in [1.29, 1.82) is 0 Å². The van der Waals surface area contributed by atoms with Crippen LogP contribution in [0.4, 0.5) is 4.39 Å². The van der Waals surface area contributed by atoms with Gasteiger partial charge in [0.25, 0.3) is 0 Å². The van der Waals surface area contributed by atoms with E-state index in [0.29, 0.717) is 11.1 Å². The van der Waals surface area contributed by atoms with Gasteiger partial charge in [-0.2, -0.15) is 0 Å². The van der Waals surface area contributed by atoms with E-state index in [0.717, 1.165) is 0 Å². The van der Waals surface area contributed by atoms with Gasteiger partial charge in [-0.05, 0) is 30.2 Å². The number of aliphatic hydroxyl groups is 1. The molecule has 2 nitrogen and oxygen atoms in total. The molecule has 1 aromatic rings. The van der Waals surface area contributed by atoms with E-state index in [1.54, 1.807) is 13.8 Å². The Balaban J connectivity index is 3.20. The molecule has 1 aromatic carbocycles. The molecule has 0 aliphatic rings. The Kier molecular flexibility index (Phi) is 2.88. The number of hydrogen-bond acceptors (Lipinski definition) is 2. The predicted octanol–water partition coefficient (Wildman–Crippen LogP) is 1.94. The molecule has 13 heavy (non-hydrogen) atoms. The standard InChI is InChI=1S/C10H13FO2/c1-6-3-8(13)4-9(10(6)11)7(2)5-12/h3-4,7,12-13H,5H2,1-2H3. The lowest BCUT2D eigenvalue weighted by atomic mass is 9.99. The van der Waals surface area contributed by atoms with Gasteiger partial charge in [0.05, 0.1) is 0 Å². The summed E-state index contributed by atoms with van der Waals surface area (Å²) in [6, 6.07) is 2.71. The monoisotopic (exact) mass is 184 g/mol. The van der Waals surface area contributed by atoms with E-state index in [-0.39, 0.29) is 24.1 Å². The number of aromatic hydroxyl groups is 1. The lowest BCUT2D eigenvalue weighted by Crippen LogP contribution is -2.03. The van der Waals surface area contributed by atoms with Crippen LogP contribution in [0.25, 0.3) is 0 Å². The lowest BCUT2D eigenvalue weighted by molar-refractivity contribution is 0.270. The molecule has 0 aromatic heterocycles. The van der Waals surface area contributed by atoms with Gasteiger partial charge in [-0.15, -0.1) is 0 Å². The second-order valence-electron chi connectivity index (χ2n) is 3.25. The number of aliphatic hydroxyl groups excluding tert-OH is 1. The van der Waals surface area contributed by atoms with E-state index in [9.17, 15) is 9.50 Å². The van der Waals surface area contributed by atoms with Crippen LogP contribution in [0.5, 0.6) is 5.75 Å². The minimum Gasteiger partial charge on any atom is -0.508 e. The molecule has 1 rings (SSSR count). The summed E-state index contributed by atoms with van der Waals surface area (Å²) in [6.45, 7) is 3.17. The van der Waals surface area contributed by atoms with E-state index in [2.05, 4.69) is 0 Å². The quantitative estimate of drug-likeness (QED) is 0.737. The number of hydrogen-bond donors (Lipinski definition) is 2. The van der Waals surface area contributed by atoms with Gasteiger partial charge in [-0.3, -0.25) is 0 Å². The van der Waals surface area contributed by atoms with Crippen LogP contribution in [0.1, 0.15) is 24.0 Å². The Morgan fingerprint density at radius 2 is 2.08 bits per heavy atom. The average molecular weight is 184 g/mol. The van der Waals surface area contributed by atoms with E-state index < -0.39 is 0 Å². The van der Waals surface area contributed by atoms with Crippen molar-refractivity contribution in [3.63, 3.8) is 0 Å². The molecule has 0 aliphatic heterocycles. The van der Waals surface area contributed by atoms with Gasteiger partial charge >= 0.3 is 0 Å². The highest BCUT2D eigenvalue weighted by Crippen LogP contribution is 2.25. The fraction of sp³-hybridized carbons (Fsp3) is 0.400. The Morgan fingerprint density at radius 1 is 1.46 bits per heavy atom. The summed E-state index contributed by atoms with van der Waals surface area (Å²) >= 11 is 0. The second kappa shape index (κ2) is 3.75. The molecule has 0 saturated heterocycles. The molecule has 0 saturated carbocycles. The van der Waals surface area contributed by atoms with Gasteiger partial charge in [0.15, 0.2) is 0 Å². The third-order valence-corrected chi connectivity index (χ3v) is 2.07. The van der Waals surface area contributed by atoms with Gasteiger partial charge in [0, 0.05) is 12.5 Å². The van der Waals surface area contributed by atoms with Crippen LogP contribution in [0.15, 0.2) is 12.1 Å². The zero-order chi connectivity index (χ0) is 10.0. The van der Waals surface area contributed by atoms with Crippen molar-refractivity contribution in [2.75, 3.05) is 6.61 Å². The van der Waals surface area contributed by atoms with E-state index in [1.807, 2.05) is 0 Å². The maximum Gasteiger partial charge on any atom is 0.129 e. The fourth-order valence-corrected chi connectivity index (χ4v) is 1.23. The normalized spacial score (nSPS) is 12.9. The maximum absolute atomic E-state index is 13.4. The molecule has 0 spiro atoms. The van der Waals surface area contributed by atoms with Crippen molar-refractivity contribution in [3.8, 4) is 5.75 Å². The first kappa shape index (κ1) is 9.99. The molecule has 0 fully saturated rings. The number of phenolic OH excluding ortho intramolecular Hbond substituents is 1. The van der Waals surface area contributed by atoms with Crippen molar-refractivity contribution in [2.24, 2.45) is 0 Å². The maximum atomic E-state index is 13.4. The van der Waals surface area contributed by atoms with Crippen molar-refractivity contribution >= 4 is 0 Å². The summed E-state index contributed by atoms with van der Waals surface area (Å²) in [5.41, 5.74) is 0.760. The second-order valence-corrected chi connectivity index (χ2v) is 3.25. The fourth-order valence-electron chi connectivity index (χ4n) is 1.23. The summed E-state index contributed by atoms with van der Waals surface area (Å²) in [7, 11) is 0. The topological polar surface area (TPSA) is 40.5 Å². The first-order valence-electron chi connectivity index (χ1n) is 4.16. The summed E-state index contributed by atoms with van der Waals surface area (Å²) < 4.78 is 13.4. The molecule has 0 aliphatic carbocycles. The number of aryl methyl sites for hydroxylation is 1. The van der Waals surface area contributed by atoms with Gasteiger partial charge in [-0.25, -0.2) is 4.39 Å². The van der Waals surface area contributed by atoms with E-state index in [4.69, 9.17) is 5.11 Å². The minimum atomic E-state index is -0.348. The predicted molar refractivity (Wildman–Crippen MR) is 48.3 cm³/mol. The highest BCUT2D eigenvalue weighted by atomic mass is 19.1. The molecule has 0 bridgehead atoms. The SMILES string of the molecule is Cc1cc(O)cc(C(C)CO)c1F. The van der Waals surface area contributed by atoms with Gasteiger partial charge in [0.1, 0.15) is 11.6 Å². The molecular weight excluding hydrogens is 171 g/mol. The van der Waals surface area contributed by atoms with E-state index >= 15 is 0 Å².